The van der Waals surface area contributed by atoms with Crippen molar-refractivity contribution in [2.45, 2.75) is 50.7 Å². The van der Waals surface area contributed by atoms with E-state index in [0.29, 0.717) is 19.5 Å². The molecule has 0 aromatic carbocycles. The Bertz CT molecular complexity index is 323. The lowest BCUT2D eigenvalue weighted by atomic mass is 9.91. The minimum atomic E-state index is -1.03. The van der Waals surface area contributed by atoms with Gasteiger partial charge in [-0.2, -0.15) is 0 Å². The molecule has 2 heterocycles. The van der Waals surface area contributed by atoms with E-state index in [0.717, 1.165) is 0 Å². The van der Waals surface area contributed by atoms with Crippen molar-refractivity contribution in [1.82, 2.24) is 10.2 Å². The number of nitrogens with one attached hydrogen (secondary N) is 1. The number of carbonyl (C=O) groups excluding carboxylic acids is 1. The summed E-state index contributed by atoms with van der Waals surface area (Å²) in [5, 5.41) is 32.6. The van der Waals surface area contributed by atoms with Crippen LogP contribution in [-0.2, 0) is 4.79 Å². The summed E-state index contributed by atoms with van der Waals surface area (Å²) in [5.41, 5.74) is 0. The Morgan fingerprint density at radius 1 is 1.28 bits per heavy atom. The molecule has 0 radical (unpaired) electrons. The van der Waals surface area contributed by atoms with Crippen molar-refractivity contribution in [3.63, 3.8) is 0 Å². The molecule has 104 valence electrons. The molecule has 4 N–H and O–H groups in total. The number of carbonyl (C=O) groups is 1. The van der Waals surface area contributed by atoms with Gasteiger partial charge >= 0.3 is 0 Å². The Hall–Kier alpha value is -0.690. The standard InChI is InChI=1S/C12H22N2O4/c1-6(2)12(18)13-7-5-14-4-3-8(15)9(14)11(17)10(7)16/h6-11,15-17H,3-5H2,1-2H3,(H,13,18)/t7-,8-,9?,10+,11+/m0/s1. The zero-order valence-electron chi connectivity index (χ0n) is 10.8. The van der Waals surface area contributed by atoms with Crippen LogP contribution in [-0.4, -0.2) is 69.6 Å². The molecular formula is C12H22N2O4. The Morgan fingerprint density at radius 3 is 2.56 bits per heavy atom. The largest absolute Gasteiger partial charge is 0.391 e. The van der Waals surface area contributed by atoms with Crippen LogP contribution >= 0.6 is 0 Å². The van der Waals surface area contributed by atoms with E-state index in [-0.39, 0.29) is 11.8 Å². The van der Waals surface area contributed by atoms with Crippen molar-refractivity contribution in [2.24, 2.45) is 5.92 Å². The SMILES string of the molecule is CC(C)C(=O)N[C@H]1CN2CC[C@H](O)C2[C@@H](O)[C@@H]1O. The minimum Gasteiger partial charge on any atom is -0.391 e. The summed E-state index contributed by atoms with van der Waals surface area (Å²) in [7, 11) is 0. The van der Waals surface area contributed by atoms with Gasteiger partial charge < -0.3 is 20.6 Å². The van der Waals surface area contributed by atoms with Gasteiger partial charge in [0.05, 0.1) is 24.3 Å². The molecule has 1 amide bonds. The van der Waals surface area contributed by atoms with E-state index in [1.54, 1.807) is 13.8 Å². The molecule has 2 aliphatic rings. The topological polar surface area (TPSA) is 93.0 Å². The predicted octanol–water partition coefficient (Wildman–Crippen LogP) is -1.70. The Balaban J connectivity index is 2.04. The third kappa shape index (κ3) is 2.38. The third-order valence-corrected chi connectivity index (χ3v) is 3.92. The van der Waals surface area contributed by atoms with Gasteiger partial charge in [-0.05, 0) is 6.42 Å². The van der Waals surface area contributed by atoms with E-state index in [4.69, 9.17) is 0 Å². The number of piperidine rings is 1. The van der Waals surface area contributed by atoms with Crippen molar-refractivity contribution in [1.29, 1.82) is 0 Å². The Morgan fingerprint density at radius 2 is 1.94 bits per heavy atom. The number of amides is 1. The number of rotatable bonds is 2. The predicted molar refractivity (Wildman–Crippen MR) is 64.8 cm³/mol. The van der Waals surface area contributed by atoms with E-state index in [1.807, 2.05) is 4.90 Å². The van der Waals surface area contributed by atoms with Crippen LogP contribution < -0.4 is 5.32 Å². The lowest BCUT2D eigenvalue weighted by Crippen LogP contribution is -2.65. The van der Waals surface area contributed by atoms with Crippen LogP contribution in [0.2, 0.25) is 0 Å². The van der Waals surface area contributed by atoms with Gasteiger partial charge in [-0.25, -0.2) is 0 Å². The average molecular weight is 258 g/mol. The van der Waals surface area contributed by atoms with E-state index in [1.165, 1.54) is 0 Å². The van der Waals surface area contributed by atoms with Gasteiger partial charge in [-0.1, -0.05) is 13.8 Å². The Kier molecular flexibility index (Phi) is 3.91. The van der Waals surface area contributed by atoms with Crippen LogP contribution in [0, 0.1) is 5.92 Å². The number of hydrogen-bond donors (Lipinski definition) is 4. The van der Waals surface area contributed by atoms with Crippen LogP contribution in [0.1, 0.15) is 20.3 Å². The second-order valence-corrected chi connectivity index (χ2v) is 5.59. The van der Waals surface area contributed by atoms with Gasteiger partial charge in [0.15, 0.2) is 0 Å². The molecule has 0 saturated carbocycles. The first kappa shape index (κ1) is 13.7. The molecule has 0 aromatic rings. The molecule has 2 aliphatic heterocycles. The van der Waals surface area contributed by atoms with Gasteiger partial charge in [0, 0.05) is 19.0 Å². The molecule has 2 saturated heterocycles. The fourth-order valence-electron chi connectivity index (χ4n) is 2.80. The second kappa shape index (κ2) is 5.13. The van der Waals surface area contributed by atoms with Crippen molar-refractivity contribution >= 4 is 5.91 Å². The normalized spacial score (nSPS) is 40.9. The molecule has 18 heavy (non-hydrogen) atoms. The first-order chi connectivity index (χ1) is 8.41. The number of hydrogen-bond acceptors (Lipinski definition) is 5. The smallest absolute Gasteiger partial charge is 0.222 e. The fourth-order valence-corrected chi connectivity index (χ4v) is 2.80. The molecular weight excluding hydrogens is 236 g/mol. The highest BCUT2D eigenvalue weighted by molar-refractivity contribution is 5.78. The van der Waals surface area contributed by atoms with Crippen LogP contribution in [0.3, 0.4) is 0 Å². The highest BCUT2D eigenvalue weighted by Gasteiger charge is 2.48. The fraction of sp³-hybridized carbons (Fsp3) is 0.917. The first-order valence-corrected chi connectivity index (χ1v) is 6.50. The molecule has 2 rings (SSSR count). The van der Waals surface area contributed by atoms with Crippen molar-refractivity contribution in [3.05, 3.63) is 0 Å². The zero-order valence-corrected chi connectivity index (χ0v) is 10.8. The van der Waals surface area contributed by atoms with Gasteiger partial charge in [0.2, 0.25) is 5.91 Å². The van der Waals surface area contributed by atoms with E-state index in [2.05, 4.69) is 5.32 Å². The number of aliphatic hydroxyl groups excluding tert-OH is 3. The first-order valence-electron chi connectivity index (χ1n) is 6.50. The van der Waals surface area contributed by atoms with Crippen molar-refractivity contribution < 1.29 is 20.1 Å². The molecule has 6 nitrogen and oxygen atoms in total. The quantitative estimate of drug-likeness (QED) is 0.474. The van der Waals surface area contributed by atoms with Gasteiger partial charge in [0.25, 0.3) is 0 Å². The van der Waals surface area contributed by atoms with Crippen molar-refractivity contribution in [2.75, 3.05) is 13.1 Å². The summed E-state index contributed by atoms with van der Waals surface area (Å²) in [6.45, 7) is 4.72. The molecule has 0 bridgehead atoms. The van der Waals surface area contributed by atoms with E-state index >= 15 is 0 Å². The highest BCUT2D eigenvalue weighted by atomic mass is 16.3. The van der Waals surface area contributed by atoms with E-state index < -0.39 is 30.4 Å². The number of nitrogens with zero attached hydrogens (tertiary/aromatic N) is 1. The maximum atomic E-state index is 11.6. The second-order valence-electron chi connectivity index (χ2n) is 5.59. The molecule has 5 atom stereocenters. The molecule has 0 aromatic heterocycles. The molecule has 2 fully saturated rings. The molecule has 0 aliphatic carbocycles. The monoisotopic (exact) mass is 258 g/mol. The van der Waals surface area contributed by atoms with Crippen LogP contribution in [0.4, 0.5) is 0 Å². The average Bonchev–Trinajstić information content (AvgIpc) is 2.67. The van der Waals surface area contributed by atoms with Gasteiger partial charge in [-0.3, -0.25) is 9.69 Å². The summed E-state index contributed by atoms with van der Waals surface area (Å²) in [6.07, 6.45) is -2.05. The van der Waals surface area contributed by atoms with Crippen molar-refractivity contribution in [3.8, 4) is 0 Å². The van der Waals surface area contributed by atoms with Crippen LogP contribution in [0.15, 0.2) is 0 Å². The summed E-state index contributed by atoms with van der Waals surface area (Å²) >= 11 is 0. The van der Waals surface area contributed by atoms with Crippen LogP contribution in [0.5, 0.6) is 0 Å². The molecule has 0 spiro atoms. The maximum absolute atomic E-state index is 11.6. The zero-order chi connectivity index (χ0) is 13.4. The summed E-state index contributed by atoms with van der Waals surface area (Å²) in [4.78, 5) is 13.6. The number of fused-ring (bicyclic) bond motifs is 1. The van der Waals surface area contributed by atoms with Crippen LogP contribution in [0.25, 0.3) is 0 Å². The summed E-state index contributed by atoms with van der Waals surface area (Å²) in [6, 6.07) is -0.886. The van der Waals surface area contributed by atoms with Gasteiger partial charge in [-0.15, -0.1) is 0 Å². The van der Waals surface area contributed by atoms with E-state index in [9.17, 15) is 20.1 Å². The maximum Gasteiger partial charge on any atom is 0.222 e. The lowest BCUT2D eigenvalue weighted by Gasteiger charge is -2.43. The third-order valence-electron chi connectivity index (χ3n) is 3.92. The molecule has 1 unspecified atom stereocenters. The Labute approximate surface area is 107 Å². The molecule has 6 heteroatoms. The summed E-state index contributed by atoms with van der Waals surface area (Å²) in [5.74, 6) is -0.291. The lowest BCUT2D eigenvalue weighted by molar-refractivity contribution is -0.132. The number of aliphatic hydroxyl groups is 3. The summed E-state index contributed by atoms with van der Waals surface area (Å²) < 4.78 is 0. The minimum absolute atomic E-state index is 0.135. The van der Waals surface area contributed by atoms with Gasteiger partial charge in [0.1, 0.15) is 6.10 Å². The highest BCUT2D eigenvalue weighted by Crippen LogP contribution is 2.28.